The van der Waals surface area contributed by atoms with Crippen molar-refractivity contribution in [2.75, 3.05) is 0 Å². The summed E-state index contributed by atoms with van der Waals surface area (Å²) in [6.45, 7) is 1.83. The van der Waals surface area contributed by atoms with Crippen LogP contribution in [0.3, 0.4) is 0 Å². The molecule has 5 aromatic rings. The molecule has 2 aromatic carbocycles. The SMILES string of the molecule is C[C@@H](NC(=O)c1nc2cc3[nH][nH]c(-c4ccncc4)c3cc2n1)c1ccc(F)cc1. The van der Waals surface area contributed by atoms with Gasteiger partial charge in [-0.25, -0.2) is 14.4 Å². The molecule has 0 radical (unpaired) electrons. The maximum absolute atomic E-state index is 13.1. The summed E-state index contributed by atoms with van der Waals surface area (Å²) in [7, 11) is 0. The quantitative estimate of drug-likeness (QED) is 0.422. The summed E-state index contributed by atoms with van der Waals surface area (Å²) in [6, 6.07) is 13.3. The number of nitrogens with one attached hydrogen (secondary N) is 3. The van der Waals surface area contributed by atoms with Gasteiger partial charge in [0.2, 0.25) is 5.82 Å². The van der Waals surface area contributed by atoms with Gasteiger partial charge in [0.05, 0.1) is 28.3 Å². The van der Waals surface area contributed by atoms with Gasteiger partial charge in [-0.05, 0) is 48.9 Å². The molecule has 0 unspecified atom stereocenters. The number of imidazole rings is 1. The Balaban J connectivity index is 1.45. The van der Waals surface area contributed by atoms with Crippen LogP contribution in [-0.4, -0.2) is 31.1 Å². The molecule has 1 atom stereocenters. The maximum atomic E-state index is 13.1. The van der Waals surface area contributed by atoms with Crippen molar-refractivity contribution in [1.82, 2.24) is 30.5 Å². The maximum Gasteiger partial charge on any atom is 0.289 e. The third-order valence-corrected chi connectivity index (χ3v) is 5.05. The second-order valence-corrected chi connectivity index (χ2v) is 7.04. The fourth-order valence-corrected chi connectivity index (χ4v) is 3.46. The zero-order chi connectivity index (χ0) is 20.7. The van der Waals surface area contributed by atoms with E-state index in [1.807, 2.05) is 31.2 Å². The Morgan fingerprint density at radius 2 is 1.70 bits per heavy atom. The van der Waals surface area contributed by atoms with E-state index < -0.39 is 0 Å². The number of fused-ring (bicyclic) bond motifs is 2. The summed E-state index contributed by atoms with van der Waals surface area (Å²) in [5, 5.41) is 10.1. The molecule has 0 saturated carbocycles. The van der Waals surface area contributed by atoms with Crippen molar-refractivity contribution >= 4 is 27.8 Å². The molecule has 8 heteroatoms. The van der Waals surface area contributed by atoms with Gasteiger partial charge in [0.1, 0.15) is 5.82 Å². The predicted octanol–water partition coefficient (Wildman–Crippen LogP) is 4.13. The molecule has 0 aliphatic heterocycles. The second kappa shape index (κ2) is 7.07. The molecule has 3 heterocycles. The molecule has 148 valence electrons. The number of carbonyl (C=O) groups is 1. The Morgan fingerprint density at radius 3 is 2.43 bits per heavy atom. The number of H-pyrrole nitrogens is 2. The minimum atomic E-state index is -0.382. The fourth-order valence-electron chi connectivity index (χ4n) is 3.46. The van der Waals surface area contributed by atoms with E-state index in [1.54, 1.807) is 24.5 Å². The average molecular weight is 400 g/mol. The summed E-state index contributed by atoms with van der Waals surface area (Å²) < 4.78 is 13.1. The topological polar surface area (TPSA) is 99.3 Å². The van der Waals surface area contributed by atoms with Crippen molar-refractivity contribution in [3.63, 3.8) is 0 Å². The van der Waals surface area contributed by atoms with Crippen LogP contribution in [0.15, 0.2) is 60.9 Å². The Bertz CT molecular complexity index is 1360. The summed E-state index contributed by atoms with van der Waals surface area (Å²) in [5.41, 5.74) is 4.81. The Kier molecular flexibility index (Phi) is 4.24. The van der Waals surface area contributed by atoms with E-state index in [-0.39, 0.29) is 23.6 Å². The van der Waals surface area contributed by atoms with E-state index in [1.165, 1.54) is 12.1 Å². The first-order valence-corrected chi connectivity index (χ1v) is 9.43. The van der Waals surface area contributed by atoms with Crippen LogP contribution in [0.5, 0.6) is 0 Å². The fraction of sp³-hybridized carbons (Fsp3) is 0.0909. The van der Waals surface area contributed by atoms with Gasteiger partial charge < -0.3 is 10.4 Å². The molecule has 0 fully saturated rings. The first kappa shape index (κ1) is 18.0. The van der Waals surface area contributed by atoms with Gasteiger partial charge >= 0.3 is 0 Å². The lowest BCUT2D eigenvalue weighted by Crippen LogP contribution is -2.27. The predicted molar refractivity (Wildman–Crippen MR) is 111 cm³/mol. The highest BCUT2D eigenvalue weighted by molar-refractivity contribution is 6.02. The number of nitrogens with zero attached hydrogens (tertiary/aromatic N) is 3. The molecule has 0 saturated heterocycles. The average Bonchev–Trinajstić information content (AvgIpc) is 3.36. The number of hydrogen-bond acceptors (Lipinski definition) is 4. The van der Waals surface area contributed by atoms with Crippen LogP contribution in [0, 0.1) is 5.82 Å². The number of aromatic amines is 2. The Morgan fingerprint density at radius 1 is 1.00 bits per heavy atom. The summed E-state index contributed by atoms with van der Waals surface area (Å²) in [5.74, 6) is -0.601. The minimum Gasteiger partial charge on any atom is -0.343 e. The largest absolute Gasteiger partial charge is 0.343 e. The highest BCUT2D eigenvalue weighted by atomic mass is 19.1. The van der Waals surface area contributed by atoms with Gasteiger partial charge in [-0.1, -0.05) is 12.1 Å². The molecule has 3 aromatic heterocycles. The number of pyridine rings is 1. The molecule has 1 amide bonds. The van der Waals surface area contributed by atoms with Crippen LogP contribution in [-0.2, 0) is 0 Å². The number of aromatic nitrogens is 5. The van der Waals surface area contributed by atoms with Crippen LogP contribution in [0.4, 0.5) is 4.39 Å². The van der Waals surface area contributed by atoms with Crippen molar-refractivity contribution in [2.45, 2.75) is 13.0 Å². The number of amides is 1. The van der Waals surface area contributed by atoms with Gasteiger partial charge in [-0.3, -0.25) is 14.9 Å². The number of benzene rings is 2. The molecule has 3 N–H and O–H groups in total. The highest BCUT2D eigenvalue weighted by Crippen LogP contribution is 2.29. The normalized spacial score (nSPS) is 12.3. The van der Waals surface area contributed by atoms with E-state index >= 15 is 0 Å². The molecule has 30 heavy (non-hydrogen) atoms. The smallest absolute Gasteiger partial charge is 0.289 e. The van der Waals surface area contributed by atoms with Crippen molar-refractivity contribution in [3.05, 3.63) is 78.1 Å². The molecule has 0 spiro atoms. The van der Waals surface area contributed by atoms with E-state index in [4.69, 9.17) is 0 Å². The Labute approximate surface area is 170 Å². The monoisotopic (exact) mass is 400 g/mol. The minimum absolute atomic E-state index is 0.0982. The summed E-state index contributed by atoms with van der Waals surface area (Å²) in [6.07, 6.45) is 3.46. The first-order valence-electron chi connectivity index (χ1n) is 9.43. The number of halogens is 1. The van der Waals surface area contributed by atoms with Crippen LogP contribution in [0.2, 0.25) is 0 Å². The Hall–Kier alpha value is -4.07. The van der Waals surface area contributed by atoms with Crippen LogP contribution >= 0.6 is 0 Å². The van der Waals surface area contributed by atoms with Gasteiger partial charge in [-0.2, -0.15) is 0 Å². The first-order chi connectivity index (χ1) is 14.6. The van der Waals surface area contributed by atoms with Gasteiger partial charge in [-0.15, -0.1) is 0 Å². The van der Waals surface area contributed by atoms with Crippen LogP contribution < -0.4 is 5.32 Å². The molecule has 5 rings (SSSR count). The molecule has 0 bridgehead atoms. The van der Waals surface area contributed by atoms with Crippen molar-refractivity contribution < 1.29 is 9.18 Å². The molecule has 0 aliphatic carbocycles. The lowest BCUT2D eigenvalue weighted by atomic mass is 10.1. The lowest BCUT2D eigenvalue weighted by molar-refractivity contribution is 0.0930. The van der Waals surface area contributed by atoms with Crippen molar-refractivity contribution in [1.29, 1.82) is 0 Å². The molecule has 7 nitrogen and oxygen atoms in total. The standard InChI is InChI=1S/C22H17FN6O/c1-12(13-2-4-15(23)5-3-13)25-22(30)21-26-18-10-16-17(11-19(18)27-21)28-29-20(16)14-6-8-24-9-7-14/h2-12,28-29H,1H3,(H,25,30)/t12-/m1/s1. The third-order valence-electron chi connectivity index (χ3n) is 5.05. The van der Waals surface area contributed by atoms with Crippen molar-refractivity contribution in [3.8, 4) is 11.3 Å². The van der Waals surface area contributed by atoms with Gasteiger partial charge in [0.15, 0.2) is 0 Å². The number of hydrogen-bond donors (Lipinski definition) is 3. The van der Waals surface area contributed by atoms with Gasteiger partial charge in [0.25, 0.3) is 5.91 Å². The van der Waals surface area contributed by atoms with Crippen LogP contribution in [0.1, 0.15) is 29.1 Å². The van der Waals surface area contributed by atoms with E-state index in [0.717, 1.165) is 27.7 Å². The second-order valence-electron chi connectivity index (χ2n) is 7.04. The van der Waals surface area contributed by atoms with E-state index in [9.17, 15) is 9.18 Å². The zero-order valence-corrected chi connectivity index (χ0v) is 16.0. The van der Waals surface area contributed by atoms with Gasteiger partial charge in [0, 0.05) is 23.3 Å². The summed E-state index contributed by atoms with van der Waals surface area (Å²) >= 11 is 0. The summed E-state index contributed by atoms with van der Waals surface area (Å²) in [4.78, 5) is 25.5. The number of carbonyl (C=O) groups excluding carboxylic acids is 1. The molecule has 0 aliphatic rings. The van der Waals surface area contributed by atoms with Crippen LogP contribution in [0.25, 0.3) is 33.2 Å². The molecular formula is C22H17FN6O. The zero-order valence-electron chi connectivity index (χ0n) is 16.0. The third kappa shape index (κ3) is 3.18. The lowest BCUT2D eigenvalue weighted by Gasteiger charge is -2.12. The highest BCUT2D eigenvalue weighted by Gasteiger charge is 2.18. The number of rotatable bonds is 4. The van der Waals surface area contributed by atoms with Crippen molar-refractivity contribution in [2.24, 2.45) is 0 Å². The molecular weight excluding hydrogens is 383 g/mol. The van der Waals surface area contributed by atoms with E-state index in [2.05, 4.69) is 30.5 Å². The van der Waals surface area contributed by atoms with E-state index in [0.29, 0.717) is 11.0 Å².